The standard InChI is InChI=1S/C13H24N4O2/c1-5-19-12(18)13(9-14,6-10(2)3)7-11-8-17(4)16-15-11/h8,10H,5-7,9,14H2,1-4H3. The molecule has 0 aromatic carbocycles. The molecule has 0 fully saturated rings. The molecular formula is C13H24N4O2. The molecule has 1 unspecified atom stereocenters. The second-order valence-electron chi connectivity index (χ2n) is 5.36. The molecule has 19 heavy (non-hydrogen) atoms. The quantitative estimate of drug-likeness (QED) is 0.743. The van der Waals surface area contributed by atoms with Gasteiger partial charge >= 0.3 is 5.97 Å². The number of carbonyl (C=O) groups is 1. The lowest BCUT2D eigenvalue weighted by atomic mass is 9.76. The van der Waals surface area contributed by atoms with E-state index in [1.165, 1.54) is 0 Å². The summed E-state index contributed by atoms with van der Waals surface area (Å²) in [6, 6.07) is 0. The van der Waals surface area contributed by atoms with E-state index in [1.54, 1.807) is 18.7 Å². The number of hydrogen-bond acceptors (Lipinski definition) is 5. The molecular weight excluding hydrogens is 244 g/mol. The number of nitrogens with zero attached hydrogens (tertiary/aromatic N) is 3. The molecule has 0 saturated carbocycles. The third kappa shape index (κ3) is 4.02. The van der Waals surface area contributed by atoms with Gasteiger partial charge in [0.2, 0.25) is 0 Å². The van der Waals surface area contributed by atoms with Crippen LogP contribution < -0.4 is 5.73 Å². The number of rotatable bonds is 7. The van der Waals surface area contributed by atoms with Gasteiger partial charge in [-0.1, -0.05) is 19.1 Å². The second kappa shape index (κ2) is 6.65. The van der Waals surface area contributed by atoms with Gasteiger partial charge in [0.05, 0.1) is 17.7 Å². The fraction of sp³-hybridized carbons (Fsp3) is 0.769. The third-order valence-corrected chi connectivity index (χ3v) is 3.07. The number of carbonyl (C=O) groups excluding carboxylic acids is 1. The van der Waals surface area contributed by atoms with E-state index in [4.69, 9.17) is 10.5 Å². The van der Waals surface area contributed by atoms with Crippen LogP contribution in [0.15, 0.2) is 6.20 Å². The Balaban J connectivity index is 2.98. The number of hydrogen-bond donors (Lipinski definition) is 1. The van der Waals surface area contributed by atoms with Gasteiger partial charge in [-0.25, -0.2) is 0 Å². The number of aryl methyl sites for hydroxylation is 1. The van der Waals surface area contributed by atoms with E-state index < -0.39 is 5.41 Å². The van der Waals surface area contributed by atoms with Gasteiger partial charge in [-0.05, 0) is 19.3 Å². The molecule has 1 aromatic heterocycles. The van der Waals surface area contributed by atoms with Gasteiger partial charge in [0.25, 0.3) is 0 Å². The average molecular weight is 268 g/mol. The van der Waals surface area contributed by atoms with Crippen molar-refractivity contribution in [3.05, 3.63) is 11.9 Å². The minimum Gasteiger partial charge on any atom is -0.466 e. The minimum absolute atomic E-state index is 0.239. The van der Waals surface area contributed by atoms with Crippen molar-refractivity contribution in [1.29, 1.82) is 0 Å². The zero-order valence-electron chi connectivity index (χ0n) is 12.2. The Morgan fingerprint density at radius 1 is 1.58 bits per heavy atom. The molecule has 0 amide bonds. The van der Waals surface area contributed by atoms with Crippen LogP contribution in [-0.4, -0.2) is 34.1 Å². The fourth-order valence-electron chi connectivity index (χ4n) is 2.36. The highest BCUT2D eigenvalue weighted by atomic mass is 16.5. The average Bonchev–Trinajstić information content (AvgIpc) is 2.73. The molecule has 0 radical (unpaired) electrons. The van der Waals surface area contributed by atoms with Crippen LogP contribution >= 0.6 is 0 Å². The zero-order valence-corrected chi connectivity index (χ0v) is 12.2. The van der Waals surface area contributed by atoms with E-state index in [9.17, 15) is 4.79 Å². The molecule has 2 N–H and O–H groups in total. The van der Waals surface area contributed by atoms with Crippen LogP contribution in [0.3, 0.4) is 0 Å². The lowest BCUT2D eigenvalue weighted by molar-refractivity contribution is -0.156. The Kier molecular flexibility index (Phi) is 5.47. The van der Waals surface area contributed by atoms with Crippen LogP contribution in [-0.2, 0) is 23.0 Å². The van der Waals surface area contributed by atoms with Gasteiger partial charge < -0.3 is 10.5 Å². The summed E-state index contributed by atoms with van der Waals surface area (Å²) in [4.78, 5) is 12.3. The van der Waals surface area contributed by atoms with Gasteiger partial charge in [0.15, 0.2) is 0 Å². The van der Waals surface area contributed by atoms with Crippen LogP contribution in [0.4, 0.5) is 0 Å². The van der Waals surface area contributed by atoms with Gasteiger partial charge in [0.1, 0.15) is 0 Å². The van der Waals surface area contributed by atoms with E-state index in [0.29, 0.717) is 25.4 Å². The molecule has 0 aliphatic heterocycles. The number of nitrogens with two attached hydrogens (primary N) is 1. The first-order chi connectivity index (χ1) is 8.93. The number of aromatic nitrogens is 3. The molecule has 0 aliphatic carbocycles. The lowest BCUT2D eigenvalue weighted by Crippen LogP contribution is -2.43. The molecule has 6 heteroatoms. The minimum atomic E-state index is -0.708. The summed E-state index contributed by atoms with van der Waals surface area (Å²) in [6.45, 7) is 6.55. The summed E-state index contributed by atoms with van der Waals surface area (Å²) in [5.74, 6) is 0.112. The van der Waals surface area contributed by atoms with Crippen molar-refractivity contribution in [2.24, 2.45) is 24.1 Å². The second-order valence-corrected chi connectivity index (χ2v) is 5.36. The van der Waals surface area contributed by atoms with E-state index in [1.807, 2.05) is 6.20 Å². The third-order valence-electron chi connectivity index (χ3n) is 3.07. The van der Waals surface area contributed by atoms with E-state index in [-0.39, 0.29) is 12.5 Å². The maximum Gasteiger partial charge on any atom is 0.313 e. The lowest BCUT2D eigenvalue weighted by Gasteiger charge is -2.30. The van der Waals surface area contributed by atoms with Crippen LogP contribution in [0.25, 0.3) is 0 Å². The summed E-state index contributed by atoms with van der Waals surface area (Å²) < 4.78 is 6.83. The maximum absolute atomic E-state index is 12.3. The largest absolute Gasteiger partial charge is 0.466 e. The zero-order chi connectivity index (χ0) is 14.5. The van der Waals surface area contributed by atoms with Crippen molar-refractivity contribution in [2.75, 3.05) is 13.2 Å². The van der Waals surface area contributed by atoms with Crippen molar-refractivity contribution in [3.8, 4) is 0 Å². The summed E-state index contributed by atoms with van der Waals surface area (Å²) in [6.07, 6.45) is 2.96. The smallest absolute Gasteiger partial charge is 0.313 e. The molecule has 0 aliphatic rings. The molecule has 1 heterocycles. The monoisotopic (exact) mass is 268 g/mol. The van der Waals surface area contributed by atoms with Crippen LogP contribution in [0.1, 0.15) is 32.9 Å². The summed E-state index contributed by atoms with van der Waals surface area (Å²) in [5, 5.41) is 7.94. The van der Waals surface area contributed by atoms with Crippen molar-refractivity contribution >= 4 is 5.97 Å². The predicted octanol–water partition coefficient (Wildman–Crippen LogP) is 0.912. The van der Waals surface area contributed by atoms with E-state index in [0.717, 1.165) is 5.69 Å². The summed E-state index contributed by atoms with van der Waals surface area (Å²) >= 11 is 0. The van der Waals surface area contributed by atoms with E-state index >= 15 is 0 Å². The first-order valence-corrected chi connectivity index (χ1v) is 6.66. The Morgan fingerprint density at radius 2 is 2.26 bits per heavy atom. The number of esters is 1. The predicted molar refractivity (Wildman–Crippen MR) is 72.3 cm³/mol. The fourth-order valence-corrected chi connectivity index (χ4v) is 2.36. The highest BCUT2D eigenvalue weighted by Gasteiger charge is 2.40. The van der Waals surface area contributed by atoms with Crippen molar-refractivity contribution in [1.82, 2.24) is 15.0 Å². The molecule has 1 aromatic rings. The summed E-state index contributed by atoms with van der Waals surface area (Å²) in [7, 11) is 1.80. The Hall–Kier alpha value is -1.43. The topological polar surface area (TPSA) is 83.0 Å². The van der Waals surface area contributed by atoms with Crippen LogP contribution in [0, 0.1) is 11.3 Å². The Labute approximate surface area is 114 Å². The molecule has 0 spiro atoms. The molecule has 6 nitrogen and oxygen atoms in total. The SMILES string of the molecule is CCOC(=O)C(CN)(Cc1cn(C)nn1)CC(C)C. The number of ether oxygens (including phenoxy) is 1. The van der Waals surface area contributed by atoms with Crippen molar-refractivity contribution in [2.45, 2.75) is 33.6 Å². The van der Waals surface area contributed by atoms with Crippen LogP contribution in [0.5, 0.6) is 0 Å². The van der Waals surface area contributed by atoms with Gasteiger partial charge in [-0.2, -0.15) is 0 Å². The molecule has 0 bridgehead atoms. The highest BCUT2D eigenvalue weighted by molar-refractivity contribution is 5.77. The van der Waals surface area contributed by atoms with Gasteiger partial charge in [0, 0.05) is 26.2 Å². The highest BCUT2D eigenvalue weighted by Crippen LogP contribution is 2.31. The molecule has 108 valence electrons. The van der Waals surface area contributed by atoms with Crippen LogP contribution in [0.2, 0.25) is 0 Å². The Morgan fingerprint density at radius 3 is 2.68 bits per heavy atom. The van der Waals surface area contributed by atoms with Crippen molar-refractivity contribution < 1.29 is 9.53 Å². The van der Waals surface area contributed by atoms with Gasteiger partial charge in [-0.15, -0.1) is 5.10 Å². The maximum atomic E-state index is 12.3. The van der Waals surface area contributed by atoms with Gasteiger partial charge in [-0.3, -0.25) is 9.48 Å². The first kappa shape index (κ1) is 15.6. The first-order valence-electron chi connectivity index (χ1n) is 6.66. The molecule has 0 saturated heterocycles. The van der Waals surface area contributed by atoms with Crippen molar-refractivity contribution in [3.63, 3.8) is 0 Å². The summed E-state index contributed by atoms with van der Waals surface area (Å²) in [5.41, 5.74) is 5.94. The molecule has 1 atom stereocenters. The molecule has 1 rings (SSSR count). The Bertz CT molecular complexity index is 417. The normalized spacial score (nSPS) is 14.4. The van der Waals surface area contributed by atoms with E-state index in [2.05, 4.69) is 24.2 Å².